The van der Waals surface area contributed by atoms with Crippen LogP contribution in [0.2, 0.25) is 0 Å². The maximum Gasteiger partial charge on any atom is 0.258 e. The fourth-order valence-electron chi connectivity index (χ4n) is 1.74. The van der Waals surface area contributed by atoms with Gasteiger partial charge in [0.05, 0.1) is 0 Å². The Balaban J connectivity index is 2.72. The Morgan fingerprint density at radius 1 is 1.42 bits per heavy atom. The van der Waals surface area contributed by atoms with E-state index in [1.807, 2.05) is 52.8 Å². The summed E-state index contributed by atoms with van der Waals surface area (Å²) < 4.78 is 5.59. The number of hydrogen-bond donors (Lipinski definition) is 2. The van der Waals surface area contributed by atoms with Crippen molar-refractivity contribution in [1.29, 1.82) is 0 Å². The first-order valence-electron chi connectivity index (χ1n) is 6.49. The van der Waals surface area contributed by atoms with Crippen LogP contribution in [0.15, 0.2) is 18.2 Å². The molecule has 1 aromatic carbocycles. The van der Waals surface area contributed by atoms with Gasteiger partial charge in [0.15, 0.2) is 6.61 Å². The van der Waals surface area contributed by atoms with Gasteiger partial charge in [-0.2, -0.15) is 0 Å². The first kappa shape index (κ1) is 15.5. The molecule has 1 rings (SSSR count). The molecule has 0 aliphatic heterocycles. The molecule has 4 nitrogen and oxygen atoms in total. The van der Waals surface area contributed by atoms with Gasteiger partial charge in [-0.1, -0.05) is 12.1 Å². The highest BCUT2D eigenvalue weighted by atomic mass is 16.5. The summed E-state index contributed by atoms with van der Waals surface area (Å²) in [5.74, 6) is 0.545. The average molecular weight is 264 g/mol. The molecule has 0 saturated heterocycles. The number of carbonyl (C=O) groups excluding carboxylic acids is 1. The van der Waals surface area contributed by atoms with E-state index in [1.54, 1.807) is 0 Å². The molecule has 19 heavy (non-hydrogen) atoms. The maximum absolute atomic E-state index is 11.7. The topological polar surface area (TPSA) is 64.3 Å². The molecule has 0 fully saturated rings. The molecule has 0 aliphatic carbocycles. The summed E-state index contributed by atoms with van der Waals surface area (Å²) in [4.78, 5) is 11.7. The van der Waals surface area contributed by atoms with E-state index in [0.29, 0.717) is 5.75 Å². The normalized spacial score (nSPS) is 12.9. The second kappa shape index (κ2) is 6.06. The van der Waals surface area contributed by atoms with Crippen LogP contribution in [0.1, 0.15) is 44.9 Å². The van der Waals surface area contributed by atoms with Gasteiger partial charge in [0, 0.05) is 17.1 Å². The minimum Gasteiger partial charge on any atom is -0.483 e. The predicted molar refractivity (Wildman–Crippen MR) is 77.2 cm³/mol. The summed E-state index contributed by atoms with van der Waals surface area (Å²) >= 11 is 0. The van der Waals surface area contributed by atoms with Gasteiger partial charge in [0.1, 0.15) is 5.75 Å². The van der Waals surface area contributed by atoms with Crippen LogP contribution in [-0.2, 0) is 4.79 Å². The van der Waals surface area contributed by atoms with Gasteiger partial charge in [0.25, 0.3) is 5.91 Å². The molecular formula is C15H24N2O2. The Bertz CT molecular complexity index is 448. The van der Waals surface area contributed by atoms with Gasteiger partial charge in [-0.3, -0.25) is 4.79 Å². The molecule has 3 N–H and O–H groups in total. The third-order valence-corrected chi connectivity index (χ3v) is 2.53. The molecular weight excluding hydrogens is 240 g/mol. The molecule has 0 radical (unpaired) electrons. The fraction of sp³-hybridized carbons (Fsp3) is 0.533. The van der Waals surface area contributed by atoms with E-state index in [-0.39, 0.29) is 24.1 Å². The second-order valence-electron chi connectivity index (χ2n) is 5.92. The molecule has 0 unspecified atom stereocenters. The molecule has 106 valence electrons. The number of ether oxygens (including phenoxy) is 1. The smallest absolute Gasteiger partial charge is 0.258 e. The lowest BCUT2D eigenvalue weighted by molar-refractivity contribution is -0.124. The number of nitrogens with one attached hydrogen (secondary N) is 1. The maximum atomic E-state index is 11.7. The van der Waals surface area contributed by atoms with Crippen molar-refractivity contribution in [3.05, 3.63) is 29.3 Å². The first-order valence-corrected chi connectivity index (χ1v) is 6.49. The van der Waals surface area contributed by atoms with Crippen molar-refractivity contribution >= 4 is 5.91 Å². The number of aryl methyl sites for hydroxylation is 1. The Morgan fingerprint density at radius 3 is 2.58 bits per heavy atom. The Hall–Kier alpha value is -1.55. The molecule has 0 spiro atoms. The van der Waals surface area contributed by atoms with Gasteiger partial charge in [-0.05, 0) is 46.2 Å². The Morgan fingerprint density at radius 2 is 2.05 bits per heavy atom. The van der Waals surface area contributed by atoms with Crippen molar-refractivity contribution < 1.29 is 9.53 Å². The van der Waals surface area contributed by atoms with Gasteiger partial charge >= 0.3 is 0 Å². The van der Waals surface area contributed by atoms with Crippen molar-refractivity contribution in [3.63, 3.8) is 0 Å². The van der Waals surface area contributed by atoms with Crippen LogP contribution in [-0.4, -0.2) is 18.1 Å². The SMILES string of the molecule is Cc1ccc([C@@H](C)N)c(OCC(=O)NC(C)(C)C)c1. The van der Waals surface area contributed by atoms with E-state index in [4.69, 9.17) is 10.5 Å². The van der Waals surface area contributed by atoms with Crippen molar-refractivity contribution in [2.24, 2.45) is 5.73 Å². The molecule has 1 aromatic rings. The highest BCUT2D eigenvalue weighted by Gasteiger charge is 2.15. The van der Waals surface area contributed by atoms with E-state index < -0.39 is 0 Å². The molecule has 4 heteroatoms. The highest BCUT2D eigenvalue weighted by molar-refractivity contribution is 5.78. The Labute approximate surface area is 115 Å². The lowest BCUT2D eigenvalue weighted by Crippen LogP contribution is -2.43. The van der Waals surface area contributed by atoms with E-state index in [0.717, 1.165) is 11.1 Å². The van der Waals surface area contributed by atoms with Crippen molar-refractivity contribution in [3.8, 4) is 5.75 Å². The standard InChI is InChI=1S/C15H24N2O2/c1-10-6-7-12(11(2)16)13(8-10)19-9-14(18)17-15(3,4)5/h6-8,11H,9,16H2,1-5H3,(H,17,18)/t11-/m1/s1. The summed E-state index contributed by atoms with van der Waals surface area (Å²) in [6.45, 7) is 9.68. The fourth-order valence-corrected chi connectivity index (χ4v) is 1.74. The zero-order valence-electron chi connectivity index (χ0n) is 12.4. The third-order valence-electron chi connectivity index (χ3n) is 2.53. The molecule has 0 heterocycles. The van der Waals surface area contributed by atoms with Crippen LogP contribution in [0.3, 0.4) is 0 Å². The number of carbonyl (C=O) groups is 1. The number of rotatable bonds is 4. The van der Waals surface area contributed by atoms with E-state index in [1.165, 1.54) is 0 Å². The van der Waals surface area contributed by atoms with E-state index in [2.05, 4.69) is 5.32 Å². The number of nitrogens with two attached hydrogens (primary N) is 1. The van der Waals surface area contributed by atoms with E-state index >= 15 is 0 Å². The molecule has 1 amide bonds. The zero-order valence-corrected chi connectivity index (χ0v) is 12.4. The average Bonchev–Trinajstić information content (AvgIpc) is 2.23. The minimum atomic E-state index is -0.253. The summed E-state index contributed by atoms with van der Waals surface area (Å²) in [6.07, 6.45) is 0. The predicted octanol–water partition coefficient (Wildman–Crippen LogP) is 2.31. The van der Waals surface area contributed by atoms with Crippen LogP contribution >= 0.6 is 0 Å². The van der Waals surface area contributed by atoms with Gasteiger partial charge in [-0.15, -0.1) is 0 Å². The minimum absolute atomic E-state index is 0.000440. The second-order valence-corrected chi connectivity index (χ2v) is 5.92. The Kier molecular flexibility index (Phi) is 4.95. The van der Waals surface area contributed by atoms with Gasteiger partial charge in [0.2, 0.25) is 0 Å². The largest absolute Gasteiger partial charge is 0.483 e. The highest BCUT2D eigenvalue weighted by Crippen LogP contribution is 2.25. The third kappa shape index (κ3) is 5.30. The molecule has 0 saturated carbocycles. The molecule has 1 atom stereocenters. The summed E-state index contributed by atoms with van der Waals surface area (Å²) in [7, 11) is 0. The van der Waals surface area contributed by atoms with E-state index in [9.17, 15) is 4.79 Å². The molecule has 0 aliphatic rings. The van der Waals surface area contributed by atoms with Crippen LogP contribution in [0.25, 0.3) is 0 Å². The van der Waals surface area contributed by atoms with Crippen molar-refractivity contribution in [1.82, 2.24) is 5.32 Å². The molecule has 0 aromatic heterocycles. The first-order chi connectivity index (χ1) is 8.69. The molecule has 0 bridgehead atoms. The summed E-state index contributed by atoms with van der Waals surface area (Å²) in [5.41, 5.74) is 7.63. The number of benzene rings is 1. The summed E-state index contributed by atoms with van der Waals surface area (Å²) in [6, 6.07) is 5.71. The van der Waals surface area contributed by atoms with Crippen LogP contribution < -0.4 is 15.8 Å². The lowest BCUT2D eigenvalue weighted by Gasteiger charge is -2.21. The van der Waals surface area contributed by atoms with Crippen LogP contribution in [0.5, 0.6) is 5.75 Å². The summed E-state index contributed by atoms with van der Waals surface area (Å²) in [5, 5.41) is 2.86. The van der Waals surface area contributed by atoms with Gasteiger partial charge < -0.3 is 15.8 Å². The van der Waals surface area contributed by atoms with Crippen LogP contribution in [0.4, 0.5) is 0 Å². The number of amides is 1. The lowest BCUT2D eigenvalue weighted by atomic mass is 10.1. The zero-order chi connectivity index (χ0) is 14.6. The van der Waals surface area contributed by atoms with Crippen molar-refractivity contribution in [2.45, 2.75) is 46.2 Å². The van der Waals surface area contributed by atoms with Gasteiger partial charge in [-0.25, -0.2) is 0 Å². The monoisotopic (exact) mass is 264 g/mol. The van der Waals surface area contributed by atoms with Crippen molar-refractivity contribution in [2.75, 3.05) is 6.61 Å². The number of hydrogen-bond acceptors (Lipinski definition) is 3. The van der Waals surface area contributed by atoms with Crippen LogP contribution in [0, 0.1) is 6.92 Å². The quantitative estimate of drug-likeness (QED) is 0.877.